The molecule has 1 aromatic heterocycles. The van der Waals surface area contributed by atoms with Crippen LogP contribution in [0.3, 0.4) is 0 Å². The summed E-state index contributed by atoms with van der Waals surface area (Å²) in [5.74, 6) is -2.65. The highest BCUT2D eigenvalue weighted by atomic mass is 19.1. The van der Waals surface area contributed by atoms with Gasteiger partial charge < -0.3 is 20.3 Å². The number of carbonyl (C=O) groups excluding carboxylic acids is 2. The summed E-state index contributed by atoms with van der Waals surface area (Å²) in [7, 11) is 0. The van der Waals surface area contributed by atoms with E-state index in [1.54, 1.807) is 6.33 Å². The van der Waals surface area contributed by atoms with Gasteiger partial charge in [0.2, 0.25) is 0 Å². The Morgan fingerprint density at radius 2 is 1.83 bits per heavy atom. The number of aromatic nitrogens is 3. The number of aryl methyl sites for hydroxylation is 1. The highest BCUT2D eigenvalue weighted by molar-refractivity contribution is 6.05. The summed E-state index contributed by atoms with van der Waals surface area (Å²) < 4.78 is 28.4. The Labute approximate surface area is 170 Å². The number of aromatic hydroxyl groups is 1. The Hall–Kier alpha value is -3.82. The SMILES string of the molecule is CCn1cnnc1CCNC(=O)c1ccc(NC(=O)c2cc(F)cc(F)c2)cc1O. The van der Waals surface area contributed by atoms with Crippen LogP contribution in [0.1, 0.15) is 33.5 Å². The van der Waals surface area contributed by atoms with Crippen molar-refractivity contribution in [2.45, 2.75) is 19.9 Å². The van der Waals surface area contributed by atoms with Crippen molar-refractivity contribution in [3.05, 3.63) is 71.3 Å². The van der Waals surface area contributed by atoms with Crippen molar-refractivity contribution in [3.63, 3.8) is 0 Å². The minimum atomic E-state index is -0.882. The maximum atomic E-state index is 13.3. The molecule has 30 heavy (non-hydrogen) atoms. The van der Waals surface area contributed by atoms with E-state index in [0.717, 1.165) is 18.0 Å². The van der Waals surface area contributed by atoms with Crippen molar-refractivity contribution < 1.29 is 23.5 Å². The van der Waals surface area contributed by atoms with E-state index in [0.29, 0.717) is 25.6 Å². The Morgan fingerprint density at radius 1 is 1.10 bits per heavy atom. The number of carbonyl (C=O) groups is 2. The molecule has 156 valence electrons. The Morgan fingerprint density at radius 3 is 2.50 bits per heavy atom. The van der Waals surface area contributed by atoms with Crippen LogP contribution in [-0.4, -0.2) is 38.2 Å². The molecule has 0 aliphatic rings. The number of phenolic OH excluding ortho intramolecular Hbond substituents is 1. The maximum absolute atomic E-state index is 13.3. The van der Waals surface area contributed by atoms with Gasteiger partial charge in [-0.25, -0.2) is 8.78 Å². The summed E-state index contributed by atoms with van der Waals surface area (Å²) in [6.07, 6.45) is 2.08. The van der Waals surface area contributed by atoms with Gasteiger partial charge in [0.25, 0.3) is 11.8 Å². The van der Waals surface area contributed by atoms with Crippen LogP contribution in [0.4, 0.5) is 14.5 Å². The van der Waals surface area contributed by atoms with Crippen LogP contribution in [0.5, 0.6) is 5.75 Å². The average molecular weight is 415 g/mol. The first-order valence-corrected chi connectivity index (χ1v) is 9.12. The van der Waals surface area contributed by atoms with Gasteiger partial charge in [-0.05, 0) is 31.2 Å². The van der Waals surface area contributed by atoms with Crippen LogP contribution in [0.2, 0.25) is 0 Å². The monoisotopic (exact) mass is 415 g/mol. The molecule has 1 heterocycles. The number of benzene rings is 2. The average Bonchev–Trinajstić information content (AvgIpc) is 3.14. The van der Waals surface area contributed by atoms with Crippen LogP contribution in [-0.2, 0) is 13.0 Å². The van der Waals surface area contributed by atoms with E-state index in [1.807, 2.05) is 11.5 Å². The lowest BCUT2D eigenvalue weighted by atomic mass is 10.1. The van der Waals surface area contributed by atoms with Gasteiger partial charge in [-0.15, -0.1) is 10.2 Å². The number of hydrogen-bond acceptors (Lipinski definition) is 5. The molecule has 0 radical (unpaired) electrons. The number of anilines is 1. The van der Waals surface area contributed by atoms with E-state index in [-0.39, 0.29) is 22.6 Å². The highest BCUT2D eigenvalue weighted by Gasteiger charge is 2.14. The molecule has 10 heteroatoms. The van der Waals surface area contributed by atoms with Gasteiger partial charge in [-0.3, -0.25) is 9.59 Å². The summed E-state index contributed by atoms with van der Waals surface area (Å²) in [5.41, 5.74) is -0.0368. The van der Waals surface area contributed by atoms with E-state index in [9.17, 15) is 23.5 Å². The second-order valence-corrected chi connectivity index (χ2v) is 6.38. The van der Waals surface area contributed by atoms with E-state index >= 15 is 0 Å². The fourth-order valence-electron chi connectivity index (χ4n) is 2.81. The standard InChI is InChI=1S/C20H19F2N5O3/c1-2-27-11-24-26-18(27)5-6-23-20(30)16-4-3-15(10-17(16)28)25-19(29)12-7-13(21)9-14(22)8-12/h3-4,7-11,28H,2,5-6H2,1H3,(H,23,30)(H,25,29). The minimum Gasteiger partial charge on any atom is -0.507 e. The molecule has 0 atom stereocenters. The molecule has 8 nitrogen and oxygen atoms in total. The fraction of sp³-hybridized carbons (Fsp3) is 0.200. The van der Waals surface area contributed by atoms with Gasteiger partial charge >= 0.3 is 0 Å². The molecule has 0 unspecified atom stereocenters. The Balaban J connectivity index is 1.61. The predicted octanol–water partition coefficient (Wildman–Crippen LogP) is 2.51. The number of hydrogen-bond donors (Lipinski definition) is 3. The lowest BCUT2D eigenvalue weighted by molar-refractivity contribution is 0.0950. The molecule has 3 N–H and O–H groups in total. The van der Waals surface area contributed by atoms with E-state index in [1.165, 1.54) is 18.2 Å². The van der Waals surface area contributed by atoms with Crippen LogP contribution in [0, 0.1) is 11.6 Å². The van der Waals surface area contributed by atoms with E-state index < -0.39 is 23.4 Å². The van der Waals surface area contributed by atoms with Gasteiger partial charge in [0.15, 0.2) is 0 Å². The minimum absolute atomic E-state index is 0.0155. The number of nitrogens with one attached hydrogen (secondary N) is 2. The molecule has 0 saturated heterocycles. The lowest BCUT2D eigenvalue weighted by Crippen LogP contribution is -2.26. The second kappa shape index (κ2) is 9.12. The number of phenols is 1. The van der Waals surface area contributed by atoms with Crippen molar-refractivity contribution in [2.75, 3.05) is 11.9 Å². The molecule has 0 saturated carbocycles. The third-order valence-corrected chi connectivity index (χ3v) is 4.30. The van der Waals surface area contributed by atoms with Crippen molar-refractivity contribution in [3.8, 4) is 5.75 Å². The molecule has 3 rings (SSSR count). The van der Waals surface area contributed by atoms with E-state index in [4.69, 9.17) is 0 Å². The lowest BCUT2D eigenvalue weighted by Gasteiger charge is -2.10. The van der Waals surface area contributed by atoms with Crippen molar-refractivity contribution >= 4 is 17.5 Å². The second-order valence-electron chi connectivity index (χ2n) is 6.38. The van der Waals surface area contributed by atoms with Gasteiger partial charge in [0.05, 0.1) is 5.56 Å². The summed E-state index contributed by atoms with van der Waals surface area (Å²) >= 11 is 0. The fourth-order valence-corrected chi connectivity index (χ4v) is 2.81. The van der Waals surface area contributed by atoms with Crippen molar-refractivity contribution in [1.29, 1.82) is 0 Å². The quantitative estimate of drug-likeness (QED) is 0.549. The van der Waals surface area contributed by atoms with Crippen LogP contribution >= 0.6 is 0 Å². The number of nitrogens with zero attached hydrogens (tertiary/aromatic N) is 3. The highest BCUT2D eigenvalue weighted by Crippen LogP contribution is 2.22. The van der Waals surface area contributed by atoms with Crippen molar-refractivity contribution in [2.24, 2.45) is 0 Å². The summed E-state index contributed by atoms with van der Waals surface area (Å²) in [6.45, 7) is 2.96. The Bertz CT molecular complexity index is 1060. The van der Waals surface area contributed by atoms with Crippen molar-refractivity contribution in [1.82, 2.24) is 20.1 Å². The first-order chi connectivity index (χ1) is 14.4. The zero-order valence-electron chi connectivity index (χ0n) is 16.0. The van der Waals surface area contributed by atoms with Crippen LogP contribution in [0.15, 0.2) is 42.7 Å². The molecule has 0 aliphatic carbocycles. The first kappa shape index (κ1) is 20.9. The smallest absolute Gasteiger partial charge is 0.255 e. The molecule has 0 fully saturated rings. The number of amides is 2. The van der Waals surface area contributed by atoms with Gasteiger partial charge in [0.1, 0.15) is 29.5 Å². The molecule has 2 amide bonds. The summed E-state index contributed by atoms with van der Waals surface area (Å²) in [5, 5.41) is 23.0. The van der Waals surface area contributed by atoms with Gasteiger partial charge in [0, 0.05) is 42.9 Å². The first-order valence-electron chi connectivity index (χ1n) is 9.12. The summed E-state index contributed by atoms with van der Waals surface area (Å²) in [6, 6.07) is 6.34. The topological polar surface area (TPSA) is 109 Å². The zero-order chi connectivity index (χ0) is 21.7. The van der Waals surface area contributed by atoms with Crippen LogP contribution < -0.4 is 10.6 Å². The maximum Gasteiger partial charge on any atom is 0.255 e. The third-order valence-electron chi connectivity index (χ3n) is 4.30. The molecule has 0 spiro atoms. The molecular weight excluding hydrogens is 396 g/mol. The molecule has 0 aliphatic heterocycles. The molecule has 3 aromatic rings. The van der Waals surface area contributed by atoms with Gasteiger partial charge in [-0.2, -0.15) is 0 Å². The van der Waals surface area contributed by atoms with Crippen LogP contribution in [0.25, 0.3) is 0 Å². The number of rotatable bonds is 7. The molecule has 2 aromatic carbocycles. The zero-order valence-corrected chi connectivity index (χ0v) is 16.0. The van der Waals surface area contributed by atoms with Gasteiger partial charge in [-0.1, -0.05) is 0 Å². The summed E-state index contributed by atoms with van der Waals surface area (Å²) in [4.78, 5) is 24.4. The number of halogens is 2. The van der Waals surface area contributed by atoms with E-state index in [2.05, 4.69) is 20.8 Å². The third kappa shape index (κ3) is 4.96. The normalized spacial score (nSPS) is 10.6. The largest absolute Gasteiger partial charge is 0.507 e. The predicted molar refractivity (Wildman–Crippen MR) is 104 cm³/mol. The molecule has 0 bridgehead atoms. The Kier molecular flexibility index (Phi) is 6.35. The molecular formula is C20H19F2N5O3.